The molecule has 0 aliphatic rings. The van der Waals surface area contributed by atoms with Gasteiger partial charge in [-0.05, 0) is 37.1 Å². The van der Waals surface area contributed by atoms with Crippen LogP contribution < -0.4 is 5.32 Å². The van der Waals surface area contributed by atoms with Crippen LogP contribution in [0.1, 0.15) is 64.0 Å². The highest BCUT2D eigenvalue weighted by Crippen LogP contribution is 2.29. The molecule has 0 fully saturated rings. The fourth-order valence-corrected chi connectivity index (χ4v) is 2.55. The summed E-state index contributed by atoms with van der Waals surface area (Å²) in [5.41, 5.74) is 0.663. The third kappa shape index (κ3) is 5.37. The Bertz CT molecular complexity index is 410. The molecule has 0 amide bonds. The van der Waals surface area contributed by atoms with Crippen molar-refractivity contribution in [3.63, 3.8) is 0 Å². The minimum absolute atomic E-state index is 0.00518. The van der Waals surface area contributed by atoms with Crippen LogP contribution in [0, 0.1) is 11.6 Å². The molecular formula is C16H24ClF2N. The molecule has 1 nitrogen and oxygen atoms in total. The van der Waals surface area contributed by atoms with Gasteiger partial charge in [-0.2, -0.15) is 0 Å². The van der Waals surface area contributed by atoms with Crippen molar-refractivity contribution in [2.75, 3.05) is 6.54 Å². The Labute approximate surface area is 125 Å². The van der Waals surface area contributed by atoms with Crippen molar-refractivity contribution < 1.29 is 8.78 Å². The quantitative estimate of drug-likeness (QED) is 0.460. The Morgan fingerprint density at radius 1 is 1.05 bits per heavy atom. The van der Waals surface area contributed by atoms with E-state index in [9.17, 15) is 8.78 Å². The summed E-state index contributed by atoms with van der Waals surface area (Å²) in [6.45, 7) is 5.08. The zero-order valence-electron chi connectivity index (χ0n) is 12.3. The second-order valence-corrected chi connectivity index (χ2v) is 5.55. The topological polar surface area (TPSA) is 12.0 Å². The largest absolute Gasteiger partial charge is 0.310 e. The van der Waals surface area contributed by atoms with Gasteiger partial charge >= 0.3 is 0 Å². The maximum Gasteiger partial charge on any atom is 0.160 e. The molecule has 0 radical (unpaired) electrons. The normalized spacial score (nSPS) is 12.7. The van der Waals surface area contributed by atoms with E-state index in [-0.39, 0.29) is 6.04 Å². The minimum atomic E-state index is -0.890. The fourth-order valence-electron chi connectivity index (χ4n) is 2.27. The van der Waals surface area contributed by atoms with Gasteiger partial charge in [-0.25, -0.2) is 8.78 Å². The van der Waals surface area contributed by atoms with Crippen LogP contribution in [0.4, 0.5) is 8.78 Å². The highest BCUT2D eigenvalue weighted by molar-refractivity contribution is 6.31. The van der Waals surface area contributed by atoms with E-state index in [0.29, 0.717) is 10.6 Å². The average molecular weight is 304 g/mol. The lowest BCUT2D eigenvalue weighted by molar-refractivity contribution is 0.461. The summed E-state index contributed by atoms with van der Waals surface area (Å²) in [7, 11) is 0. The van der Waals surface area contributed by atoms with Crippen molar-refractivity contribution in [3.8, 4) is 0 Å². The Hall–Kier alpha value is -0.670. The molecule has 1 N–H and O–H groups in total. The molecule has 0 spiro atoms. The van der Waals surface area contributed by atoms with Gasteiger partial charge in [0.25, 0.3) is 0 Å². The summed E-state index contributed by atoms with van der Waals surface area (Å²) < 4.78 is 26.6. The summed E-state index contributed by atoms with van der Waals surface area (Å²) in [6, 6.07) is 2.29. The summed E-state index contributed by atoms with van der Waals surface area (Å²) >= 11 is 6.07. The monoisotopic (exact) mass is 303 g/mol. The van der Waals surface area contributed by atoms with E-state index in [1.807, 2.05) is 0 Å². The molecule has 0 aromatic heterocycles. The Balaban J connectivity index is 2.78. The molecular weight excluding hydrogens is 280 g/mol. The van der Waals surface area contributed by atoms with Gasteiger partial charge in [0.15, 0.2) is 11.6 Å². The average Bonchev–Trinajstić information content (AvgIpc) is 2.42. The lowest BCUT2D eigenvalue weighted by Gasteiger charge is -2.20. The highest BCUT2D eigenvalue weighted by atomic mass is 35.5. The van der Waals surface area contributed by atoms with Gasteiger partial charge in [-0.3, -0.25) is 0 Å². The zero-order valence-corrected chi connectivity index (χ0v) is 13.1. The molecule has 0 saturated heterocycles. The predicted octanol–water partition coefficient (Wildman–Crippen LogP) is 5.63. The lowest BCUT2D eigenvalue weighted by atomic mass is 9.99. The summed E-state index contributed by atoms with van der Waals surface area (Å²) in [5, 5.41) is 3.68. The molecule has 1 atom stereocenters. The maximum atomic E-state index is 13.4. The minimum Gasteiger partial charge on any atom is -0.310 e. The van der Waals surface area contributed by atoms with E-state index in [1.54, 1.807) is 0 Å². The highest BCUT2D eigenvalue weighted by Gasteiger charge is 2.17. The third-order valence-electron chi connectivity index (χ3n) is 3.40. The van der Waals surface area contributed by atoms with Gasteiger partial charge in [0.05, 0.1) is 0 Å². The van der Waals surface area contributed by atoms with Crippen molar-refractivity contribution in [2.45, 2.75) is 58.4 Å². The third-order valence-corrected chi connectivity index (χ3v) is 3.73. The molecule has 114 valence electrons. The zero-order chi connectivity index (χ0) is 15.0. The maximum absolute atomic E-state index is 13.4. The van der Waals surface area contributed by atoms with E-state index in [1.165, 1.54) is 18.9 Å². The van der Waals surface area contributed by atoms with Gasteiger partial charge in [0.2, 0.25) is 0 Å². The number of nitrogens with one attached hydrogen (secondary N) is 1. The summed E-state index contributed by atoms with van der Waals surface area (Å²) in [6.07, 6.45) is 6.48. The predicted molar refractivity (Wildman–Crippen MR) is 81.2 cm³/mol. The van der Waals surface area contributed by atoms with Gasteiger partial charge < -0.3 is 5.32 Å². The van der Waals surface area contributed by atoms with Gasteiger partial charge in [0.1, 0.15) is 0 Å². The van der Waals surface area contributed by atoms with Crippen LogP contribution in [0.25, 0.3) is 0 Å². The van der Waals surface area contributed by atoms with Crippen molar-refractivity contribution in [1.82, 2.24) is 5.32 Å². The molecule has 1 unspecified atom stereocenters. The Kier molecular flexibility index (Phi) is 8.08. The number of hydrogen-bond acceptors (Lipinski definition) is 1. The summed E-state index contributed by atoms with van der Waals surface area (Å²) in [5.74, 6) is -1.72. The van der Waals surface area contributed by atoms with Crippen LogP contribution in [0.2, 0.25) is 5.02 Å². The smallest absolute Gasteiger partial charge is 0.160 e. The molecule has 1 aromatic carbocycles. The van der Waals surface area contributed by atoms with Crippen LogP contribution in [-0.4, -0.2) is 6.54 Å². The molecule has 1 rings (SSSR count). The first-order valence-corrected chi connectivity index (χ1v) is 7.85. The van der Waals surface area contributed by atoms with Crippen LogP contribution in [0.5, 0.6) is 0 Å². The van der Waals surface area contributed by atoms with Crippen LogP contribution in [0.3, 0.4) is 0 Å². The second kappa shape index (κ2) is 9.30. The van der Waals surface area contributed by atoms with Crippen LogP contribution in [-0.2, 0) is 0 Å². The van der Waals surface area contributed by atoms with Crippen molar-refractivity contribution in [3.05, 3.63) is 34.4 Å². The van der Waals surface area contributed by atoms with Crippen molar-refractivity contribution in [2.24, 2.45) is 0 Å². The first-order chi connectivity index (χ1) is 9.60. The van der Waals surface area contributed by atoms with Gasteiger partial charge in [0, 0.05) is 11.1 Å². The number of halogens is 3. The number of rotatable bonds is 9. The molecule has 0 aliphatic carbocycles. The molecule has 0 bridgehead atoms. The molecule has 20 heavy (non-hydrogen) atoms. The van der Waals surface area contributed by atoms with E-state index in [4.69, 9.17) is 11.6 Å². The first kappa shape index (κ1) is 17.4. The van der Waals surface area contributed by atoms with E-state index in [0.717, 1.165) is 38.3 Å². The van der Waals surface area contributed by atoms with E-state index < -0.39 is 11.6 Å². The number of hydrogen-bond donors (Lipinski definition) is 1. The van der Waals surface area contributed by atoms with Crippen LogP contribution >= 0.6 is 11.6 Å². The lowest BCUT2D eigenvalue weighted by Crippen LogP contribution is -2.22. The van der Waals surface area contributed by atoms with E-state index in [2.05, 4.69) is 19.2 Å². The van der Waals surface area contributed by atoms with E-state index >= 15 is 0 Å². The molecule has 0 aliphatic heterocycles. The standard InChI is InChI=1S/C16H24ClF2N/c1-3-5-6-7-8-16(20-9-4-2)12-10-14(18)15(19)11-13(12)17/h10-11,16,20H,3-9H2,1-2H3. The van der Waals surface area contributed by atoms with Crippen molar-refractivity contribution in [1.29, 1.82) is 0 Å². The van der Waals surface area contributed by atoms with Gasteiger partial charge in [-0.15, -0.1) is 0 Å². The SMILES string of the molecule is CCCCCCC(NCCC)c1cc(F)c(F)cc1Cl. The Morgan fingerprint density at radius 3 is 2.40 bits per heavy atom. The molecule has 4 heteroatoms. The van der Waals surface area contributed by atoms with Crippen molar-refractivity contribution >= 4 is 11.6 Å². The second-order valence-electron chi connectivity index (χ2n) is 5.14. The fraction of sp³-hybridized carbons (Fsp3) is 0.625. The molecule has 0 saturated carbocycles. The number of benzene rings is 1. The molecule has 1 aromatic rings. The molecule has 0 heterocycles. The number of unbranched alkanes of at least 4 members (excludes halogenated alkanes) is 3. The Morgan fingerprint density at radius 2 is 1.75 bits per heavy atom. The van der Waals surface area contributed by atoms with Gasteiger partial charge in [-0.1, -0.05) is 51.1 Å². The van der Waals surface area contributed by atoms with Crippen LogP contribution in [0.15, 0.2) is 12.1 Å². The summed E-state index contributed by atoms with van der Waals surface area (Å²) in [4.78, 5) is 0. The first-order valence-electron chi connectivity index (χ1n) is 7.48.